The van der Waals surface area contributed by atoms with E-state index >= 15 is 0 Å². The number of ether oxygens (including phenoxy) is 2. The predicted octanol–water partition coefficient (Wildman–Crippen LogP) is 2.70. The fourth-order valence-electron chi connectivity index (χ4n) is 4.09. The smallest absolute Gasteiger partial charge is 0.331 e. The van der Waals surface area contributed by atoms with Gasteiger partial charge in [0.15, 0.2) is 6.04 Å². The van der Waals surface area contributed by atoms with Crippen LogP contribution in [0.15, 0.2) is 60.7 Å². The molecule has 1 aliphatic rings. The Morgan fingerprint density at radius 3 is 1.66 bits per heavy atom. The molecule has 1 saturated heterocycles. The number of carbonyl (C=O) groups excluding carboxylic acids is 4. The SMILES string of the molecule is CCC[C@H]1[C@H](C(=O)OC)[C@@H](C(=O)OC)N(C(=O)c2ccccc2)N1C(=O)c1ccccc1. The molecule has 2 amide bonds. The number of hydrogen-bond donors (Lipinski definition) is 0. The lowest BCUT2D eigenvalue weighted by atomic mass is 9.90. The van der Waals surface area contributed by atoms with Crippen LogP contribution in [-0.4, -0.2) is 60.1 Å². The lowest BCUT2D eigenvalue weighted by Crippen LogP contribution is -2.52. The van der Waals surface area contributed by atoms with Gasteiger partial charge in [-0.1, -0.05) is 49.7 Å². The summed E-state index contributed by atoms with van der Waals surface area (Å²) in [7, 11) is 2.39. The highest BCUT2D eigenvalue weighted by molar-refractivity contribution is 6.03. The van der Waals surface area contributed by atoms with Crippen LogP contribution in [-0.2, 0) is 19.1 Å². The van der Waals surface area contributed by atoms with Crippen molar-refractivity contribution in [1.29, 1.82) is 0 Å². The van der Waals surface area contributed by atoms with E-state index in [1.54, 1.807) is 60.7 Å². The highest BCUT2D eigenvalue weighted by Crippen LogP contribution is 2.37. The molecule has 32 heavy (non-hydrogen) atoms. The van der Waals surface area contributed by atoms with Gasteiger partial charge in [-0.15, -0.1) is 0 Å². The van der Waals surface area contributed by atoms with Gasteiger partial charge in [-0.2, -0.15) is 0 Å². The van der Waals surface area contributed by atoms with E-state index in [9.17, 15) is 19.2 Å². The number of amides is 2. The number of hydrazine groups is 1. The Kier molecular flexibility index (Phi) is 7.25. The number of carbonyl (C=O) groups is 4. The van der Waals surface area contributed by atoms with E-state index in [0.29, 0.717) is 18.4 Å². The molecule has 0 aromatic heterocycles. The van der Waals surface area contributed by atoms with Gasteiger partial charge in [0.2, 0.25) is 0 Å². The average molecular weight is 438 g/mol. The topological polar surface area (TPSA) is 93.2 Å². The predicted molar refractivity (Wildman–Crippen MR) is 115 cm³/mol. The standard InChI is InChI=1S/C24H26N2O6/c1-4-11-18-19(23(29)31-2)20(24(30)32-3)26(22(28)17-14-9-6-10-15-17)25(18)21(27)16-12-7-5-8-13-16/h5-10,12-15,18-20H,4,11H2,1-3H3/t18-,19-,20-/m0/s1. The fourth-order valence-corrected chi connectivity index (χ4v) is 4.09. The minimum absolute atomic E-state index is 0.271. The highest BCUT2D eigenvalue weighted by atomic mass is 16.5. The van der Waals surface area contributed by atoms with Gasteiger partial charge in [-0.05, 0) is 30.7 Å². The van der Waals surface area contributed by atoms with E-state index in [0.717, 1.165) is 5.01 Å². The van der Waals surface area contributed by atoms with E-state index in [-0.39, 0.29) is 5.56 Å². The summed E-state index contributed by atoms with van der Waals surface area (Å²) in [6, 6.07) is 14.6. The molecule has 8 heteroatoms. The molecule has 1 heterocycles. The molecule has 168 valence electrons. The van der Waals surface area contributed by atoms with Crippen molar-refractivity contribution < 1.29 is 28.7 Å². The number of rotatable bonds is 6. The van der Waals surface area contributed by atoms with Crippen LogP contribution in [0, 0.1) is 5.92 Å². The summed E-state index contributed by atoms with van der Waals surface area (Å²) >= 11 is 0. The van der Waals surface area contributed by atoms with Crippen LogP contribution < -0.4 is 0 Å². The second-order valence-electron chi connectivity index (χ2n) is 7.40. The van der Waals surface area contributed by atoms with Crippen LogP contribution in [0.25, 0.3) is 0 Å². The zero-order chi connectivity index (χ0) is 23.3. The molecule has 0 unspecified atom stereocenters. The first-order chi connectivity index (χ1) is 15.5. The third-order valence-corrected chi connectivity index (χ3v) is 5.52. The molecular formula is C24H26N2O6. The molecular weight excluding hydrogens is 412 g/mol. The summed E-state index contributed by atoms with van der Waals surface area (Å²) in [5.74, 6) is -3.65. The number of nitrogens with zero attached hydrogens (tertiary/aromatic N) is 2. The largest absolute Gasteiger partial charge is 0.469 e. The first-order valence-corrected chi connectivity index (χ1v) is 10.4. The van der Waals surface area contributed by atoms with E-state index in [2.05, 4.69) is 0 Å². The molecule has 0 aliphatic carbocycles. The van der Waals surface area contributed by atoms with E-state index in [1.165, 1.54) is 19.2 Å². The molecule has 2 aromatic carbocycles. The maximum absolute atomic E-state index is 13.6. The normalized spacial score (nSPS) is 20.0. The lowest BCUT2D eigenvalue weighted by molar-refractivity contribution is -0.155. The van der Waals surface area contributed by atoms with Gasteiger partial charge >= 0.3 is 11.9 Å². The third kappa shape index (κ3) is 4.21. The molecule has 8 nitrogen and oxygen atoms in total. The summed E-state index contributed by atoms with van der Waals surface area (Å²) < 4.78 is 9.94. The van der Waals surface area contributed by atoms with Crippen LogP contribution in [0.3, 0.4) is 0 Å². The Morgan fingerprint density at radius 2 is 1.22 bits per heavy atom. The Hall–Kier alpha value is -3.68. The fraction of sp³-hybridized carbons (Fsp3) is 0.333. The zero-order valence-electron chi connectivity index (χ0n) is 18.3. The minimum Gasteiger partial charge on any atom is -0.469 e. The van der Waals surface area contributed by atoms with E-state index in [1.807, 2.05) is 6.92 Å². The minimum atomic E-state index is -1.34. The van der Waals surface area contributed by atoms with Crippen molar-refractivity contribution in [1.82, 2.24) is 10.0 Å². The number of esters is 2. The summed E-state index contributed by atoms with van der Waals surface area (Å²) in [5.41, 5.74) is 0.599. The van der Waals surface area contributed by atoms with Crippen LogP contribution in [0.5, 0.6) is 0 Å². The summed E-state index contributed by atoms with van der Waals surface area (Å²) in [5, 5.41) is 2.30. The second kappa shape index (κ2) is 10.1. The molecule has 0 N–H and O–H groups in total. The van der Waals surface area contributed by atoms with Gasteiger partial charge in [-0.25, -0.2) is 14.8 Å². The van der Waals surface area contributed by atoms with Gasteiger partial charge in [0, 0.05) is 11.1 Å². The molecule has 1 fully saturated rings. The first kappa shape index (κ1) is 23.0. The third-order valence-electron chi connectivity index (χ3n) is 5.52. The van der Waals surface area contributed by atoms with Crippen LogP contribution in [0.4, 0.5) is 0 Å². The molecule has 3 rings (SSSR count). The van der Waals surface area contributed by atoms with Gasteiger partial charge < -0.3 is 9.47 Å². The Balaban J connectivity index is 2.21. The van der Waals surface area contributed by atoms with E-state index in [4.69, 9.17) is 9.47 Å². The van der Waals surface area contributed by atoms with E-state index < -0.39 is 41.8 Å². The van der Waals surface area contributed by atoms with Crippen molar-refractivity contribution in [3.63, 3.8) is 0 Å². The van der Waals surface area contributed by atoms with Gasteiger partial charge in [0.1, 0.15) is 5.92 Å². The Morgan fingerprint density at radius 1 is 0.750 bits per heavy atom. The van der Waals surface area contributed by atoms with Crippen LogP contribution in [0.2, 0.25) is 0 Å². The molecule has 3 atom stereocenters. The Bertz CT molecular complexity index is 978. The zero-order valence-corrected chi connectivity index (χ0v) is 18.3. The highest BCUT2D eigenvalue weighted by Gasteiger charge is 2.58. The average Bonchev–Trinajstić information content (AvgIpc) is 3.18. The van der Waals surface area contributed by atoms with Gasteiger partial charge in [0.05, 0.1) is 20.3 Å². The van der Waals surface area contributed by atoms with Gasteiger partial charge in [-0.3, -0.25) is 14.4 Å². The molecule has 0 saturated carbocycles. The van der Waals surface area contributed by atoms with Crippen LogP contribution in [0.1, 0.15) is 40.5 Å². The quantitative estimate of drug-likeness (QED) is 0.644. The molecule has 1 aliphatic heterocycles. The number of methoxy groups -OCH3 is 2. The monoisotopic (exact) mass is 438 g/mol. The molecule has 0 radical (unpaired) electrons. The van der Waals surface area contributed by atoms with Gasteiger partial charge in [0.25, 0.3) is 11.8 Å². The molecule has 2 aromatic rings. The Labute approximate surface area is 186 Å². The van der Waals surface area contributed by atoms with Crippen molar-refractivity contribution in [3.05, 3.63) is 71.8 Å². The molecule has 0 spiro atoms. The van der Waals surface area contributed by atoms with Crippen molar-refractivity contribution in [2.75, 3.05) is 14.2 Å². The number of benzene rings is 2. The van der Waals surface area contributed by atoms with Crippen molar-refractivity contribution in [3.8, 4) is 0 Å². The lowest BCUT2D eigenvalue weighted by Gasteiger charge is -2.33. The van der Waals surface area contributed by atoms with Crippen molar-refractivity contribution in [2.45, 2.75) is 31.8 Å². The first-order valence-electron chi connectivity index (χ1n) is 10.4. The van der Waals surface area contributed by atoms with Crippen molar-refractivity contribution >= 4 is 23.8 Å². The summed E-state index contributed by atoms with van der Waals surface area (Å²) in [4.78, 5) is 52.9. The number of hydrogen-bond acceptors (Lipinski definition) is 6. The molecule has 0 bridgehead atoms. The summed E-state index contributed by atoms with van der Waals surface area (Å²) in [6.45, 7) is 1.90. The second-order valence-corrected chi connectivity index (χ2v) is 7.40. The van der Waals surface area contributed by atoms with Crippen molar-refractivity contribution in [2.24, 2.45) is 5.92 Å². The van der Waals surface area contributed by atoms with Crippen LogP contribution >= 0.6 is 0 Å². The maximum atomic E-state index is 13.6. The summed E-state index contributed by atoms with van der Waals surface area (Å²) in [6.07, 6.45) is 0.988. The maximum Gasteiger partial charge on any atom is 0.331 e.